The molecule has 2 rings (SSSR count). The number of hydrogen-bond acceptors (Lipinski definition) is 3. The van der Waals surface area contributed by atoms with Crippen molar-refractivity contribution >= 4 is 23.2 Å². The lowest BCUT2D eigenvalue weighted by Gasteiger charge is -2.15. The van der Waals surface area contributed by atoms with Crippen LogP contribution in [0.15, 0.2) is 24.4 Å². The predicted octanol–water partition coefficient (Wildman–Crippen LogP) is 2.86. The highest BCUT2D eigenvalue weighted by Gasteiger charge is 2.15. The fourth-order valence-electron chi connectivity index (χ4n) is 2.10. The van der Waals surface area contributed by atoms with Gasteiger partial charge in [0.15, 0.2) is 0 Å². The summed E-state index contributed by atoms with van der Waals surface area (Å²) in [4.78, 5) is 0. The fourth-order valence-corrected chi connectivity index (χ4v) is 2.75. The fraction of sp³-hybridized carbons (Fsp3) is 0.357. The summed E-state index contributed by atoms with van der Waals surface area (Å²) >= 11 is 12.1. The van der Waals surface area contributed by atoms with Crippen LogP contribution in [-0.4, -0.2) is 21.4 Å². The molecule has 0 aliphatic heterocycles. The topological polar surface area (TPSA) is 50.1 Å². The number of aromatic nitrogens is 2. The van der Waals surface area contributed by atoms with Crippen LogP contribution in [0.3, 0.4) is 0 Å². The number of nitrogens with one attached hydrogen (secondary N) is 1. The molecule has 2 N–H and O–H groups in total. The van der Waals surface area contributed by atoms with E-state index >= 15 is 0 Å². The molecule has 1 unspecified atom stereocenters. The first-order chi connectivity index (χ1) is 9.49. The molecular weight excluding hydrogens is 297 g/mol. The number of rotatable bonds is 5. The van der Waals surface area contributed by atoms with E-state index in [1.54, 1.807) is 22.9 Å². The van der Waals surface area contributed by atoms with E-state index in [1.807, 2.05) is 20.2 Å². The Morgan fingerprint density at radius 3 is 2.55 bits per heavy atom. The van der Waals surface area contributed by atoms with Gasteiger partial charge in [-0.3, -0.25) is 4.68 Å². The molecule has 0 amide bonds. The Labute approximate surface area is 128 Å². The van der Waals surface area contributed by atoms with Crippen molar-refractivity contribution in [1.29, 1.82) is 0 Å². The lowest BCUT2D eigenvalue weighted by molar-refractivity contribution is 0.174. The molecule has 1 heterocycles. The van der Waals surface area contributed by atoms with E-state index in [0.717, 1.165) is 11.3 Å². The number of aliphatic hydroxyl groups excluding tert-OH is 1. The third-order valence-electron chi connectivity index (χ3n) is 3.10. The maximum Gasteiger partial charge on any atom is 0.0943 e. The van der Waals surface area contributed by atoms with E-state index in [9.17, 15) is 5.11 Å². The van der Waals surface area contributed by atoms with Crippen molar-refractivity contribution in [3.63, 3.8) is 0 Å². The van der Waals surface area contributed by atoms with Crippen molar-refractivity contribution in [2.75, 3.05) is 6.54 Å². The molecular formula is C14H17Cl2N3O. The van der Waals surface area contributed by atoms with Gasteiger partial charge >= 0.3 is 0 Å². The van der Waals surface area contributed by atoms with Crippen LogP contribution in [0.1, 0.15) is 22.9 Å². The lowest BCUT2D eigenvalue weighted by atomic mass is 10.1. The van der Waals surface area contributed by atoms with Gasteiger partial charge in [0.25, 0.3) is 0 Å². The first-order valence-corrected chi connectivity index (χ1v) is 7.06. The lowest BCUT2D eigenvalue weighted by Crippen LogP contribution is -2.21. The van der Waals surface area contributed by atoms with Crippen molar-refractivity contribution < 1.29 is 5.11 Å². The van der Waals surface area contributed by atoms with Gasteiger partial charge in [-0.1, -0.05) is 29.3 Å². The smallest absolute Gasteiger partial charge is 0.0943 e. The van der Waals surface area contributed by atoms with Crippen molar-refractivity contribution in [3.8, 4) is 0 Å². The predicted molar refractivity (Wildman–Crippen MR) is 81.1 cm³/mol. The second kappa shape index (κ2) is 6.59. The van der Waals surface area contributed by atoms with Crippen molar-refractivity contribution in [1.82, 2.24) is 15.1 Å². The summed E-state index contributed by atoms with van der Waals surface area (Å²) in [5, 5.41) is 18.6. The van der Waals surface area contributed by atoms with Crippen molar-refractivity contribution in [2.24, 2.45) is 7.05 Å². The maximum absolute atomic E-state index is 10.2. The van der Waals surface area contributed by atoms with Crippen LogP contribution in [0.2, 0.25) is 10.0 Å². The molecule has 6 heteroatoms. The largest absolute Gasteiger partial charge is 0.387 e. The number of aryl methyl sites for hydroxylation is 2. The molecule has 0 aliphatic rings. The Hall–Kier alpha value is -1.07. The van der Waals surface area contributed by atoms with Crippen LogP contribution < -0.4 is 5.32 Å². The van der Waals surface area contributed by atoms with Gasteiger partial charge in [-0.15, -0.1) is 0 Å². The Morgan fingerprint density at radius 1 is 1.35 bits per heavy atom. The zero-order valence-corrected chi connectivity index (χ0v) is 12.9. The van der Waals surface area contributed by atoms with Crippen LogP contribution in [0.4, 0.5) is 0 Å². The Bertz CT molecular complexity index is 578. The average Bonchev–Trinajstić information content (AvgIpc) is 2.68. The summed E-state index contributed by atoms with van der Waals surface area (Å²) in [7, 11) is 1.88. The zero-order chi connectivity index (χ0) is 14.7. The molecule has 0 radical (unpaired) electrons. The summed E-state index contributed by atoms with van der Waals surface area (Å²) in [6.07, 6.45) is 1.21. The normalized spacial score (nSPS) is 12.7. The summed E-state index contributed by atoms with van der Waals surface area (Å²) in [6.45, 7) is 2.97. The minimum absolute atomic E-state index is 0.373. The molecule has 20 heavy (non-hydrogen) atoms. The molecule has 1 atom stereocenters. The number of hydrogen-bond donors (Lipinski definition) is 2. The first kappa shape index (κ1) is 15.3. The van der Waals surface area contributed by atoms with Gasteiger partial charge in [0.1, 0.15) is 0 Å². The molecule has 0 aliphatic carbocycles. The molecule has 1 aromatic carbocycles. The molecule has 0 bridgehead atoms. The van der Waals surface area contributed by atoms with Crippen LogP contribution in [0, 0.1) is 6.92 Å². The SMILES string of the molecule is Cc1nn(C)cc1CNCC(O)c1c(Cl)cccc1Cl. The monoisotopic (exact) mass is 313 g/mol. The second-order valence-corrected chi connectivity index (χ2v) is 5.51. The van der Waals surface area contributed by atoms with E-state index in [0.29, 0.717) is 28.7 Å². The van der Waals surface area contributed by atoms with E-state index in [1.165, 1.54) is 0 Å². The van der Waals surface area contributed by atoms with E-state index in [2.05, 4.69) is 10.4 Å². The van der Waals surface area contributed by atoms with E-state index < -0.39 is 6.10 Å². The highest BCUT2D eigenvalue weighted by atomic mass is 35.5. The number of halogens is 2. The second-order valence-electron chi connectivity index (χ2n) is 4.70. The Morgan fingerprint density at radius 2 is 2.00 bits per heavy atom. The van der Waals surface area contributed by atoms with Gasteiger partial charge in [-0.25, -0.2) is 0 Å². The zero-order valence-electron chi connectivity index (χ0n) is 11.4. The number of aliphatic hydroxyl groups is 1. The molecule has 108 valence electrons. The molecule has 4 nitrogen and oxygen atoms in total. The minimum Gasteiger partial charge on any atom is -0.387 e. The summed E-state index contributed by atoms with van der Waals surface area (Å²) in [5.41, 5.74) is 2.64. The Balaban J connectivity index is 1.96. The third kappa shape index (κ3) is 3.52. The molecule has 0 saturated carbocycles. The highest BCUT2D eigenvalue weighted by Crippen LogP contribution is 2.29. The molecule has 0 saturated heterocycles. The Kier molecular flexibility index (Phi) is 5.05. The van der Waals surface area contributed by atoms with Crippen LogP contribution in [-0.2, 0) is 13.6 Å². The standard InChI is InChI=1S/C14H17Cl2N3O/c1-9-10(8-19(2)18-9)6-17-7-13(20)14-11(15)4-3-5-12(14)16/h3-5,8,13,17,20H,6-7H2,1-2H3. The van der Waals surface area contributed by atoms with Crippen molar-refractivity contribution in [2.45, 2.75) is 19.6 Å². The van der Waals surface area contributed by atoms with Crippen LogP contribution >= 0.6 is 23.2 Å². The van der Waals surface area contributed by atoms with Crippen LogP contribution in [0.5, 0.6) is 0 Å². The molecule has 0 spiro atoms. The van der Waals surface area contributed by atoms with Crippen molar-refractivity contribution in [3.05, 3.63) is 51.3 Å². The first-order valence-electron chi connectivity index (χ1n) is 6.31. The molecule has 1 aromatic heterocycles. The van der Waals surface area contributed by atoms with Crippen LogP contribution in [0.25, 0.3) is 0 Å². The highest BCUT2D eigenvalue weighted by molar-refractivity contribution is 6.36. The van der Waals surface area contributed by atoms with Gasteiger partial charge in [0.05, 0.1) is 11.8 Å². The van der Waals surface area contributed by atoms with Gasteiger partial charge < -0.3 is 10.4 Å². The third-order valence-corrected chi connectivity index (χ3v) is 3.76. The molecule has 0 fully saturated rings. The minimum atomic E-state index is -0.742. The molecule has 2 aromatic rings. The number of benzene rings is 1. The summed E-state index contributed by atoms with van der Waals surface area (Å²) in [6, 6.07) is 5.20. The number of nitrogens with zero attached hydrogens (tertiary/aromatic N) is 2. The quantitative estimate of drug-likeness (QED) is 0.892. The summed E-state index contributed by atoms with van der Waals surface area (Å²) in [5.74, 6) is 0. The van der Waals surface area contributed by atoms with Gasteiger partial charge in [0.2, 0.25) is 0 Å². The average molecular weight is 314 g/mol. The van der Waals surface area contributed by atoms with Gasteiger partial charge in [-0.05, 0) is 19.1 Å². The van der Waals surface area contributed by atoms with E-state index in [4.69, 9.17) is 23.2 Å². The van der Waals surface area contributed by atoms with Gasteiger partial charge in [0, 0.05) is 47.5 Å². The summed E-state index contributed by atoms with van der Waals surface area (Å²) < 4.78 is 1.77. The van der Waals surface area contributed by atoms with E-state index in [-0.39, 0.29) is 0 Å². The van der Waals surface area contributed by atoms with Gasteiger partial charge in [-0.2, -0.15) is 5.10 Å². The maximum atomic E-state index is 10.2.